The summed E-state index contributed by atoms with van der Waals surface area (Å²) < 4.78 is 0. The lowest BCUT2D eigenvalue weighted by Crippen LogP contribution is -2.53. The minimum absolute atomic E-state index is 0.113. The Balaban J connectivity index is 2.08. The highest BCUT2D eigenvalue weighted by atomic mass is 16.3. The number of rotatable bonds is 7. The molecule has 0 saturated heterocycles. The first kappa shape index (κ1) is 23.4. The predicted octanol–water partition coefficient (Wildman–Crippen LogP) is 0.553. The lowest BCUT2D eigenvalue weighted by molar-refractivity contribution is -0.126. The van der Waals surface area contributed by atoms with E-state index in [0.29, 0.717) is 12.1 Å². The molecule has 9 heteroatoms. The van der Waals surface area contributed by atoms with Crippen LogP contribution in [0.2, 0.25) is 0 Å². The molecule has 0 aromatic heterocycles. The highest BCUT2D eigenvalue weighted by Crippen LogP contribution is 2.21. The Labute approximate surface area is 175 Å². The van der Waals surface area contributed by atoms with E-state index in [1.54, 1.807) is 12.1 Å². The highest BCUT2D eigenvalue weighted by Gasteiger charge is 2.34. The number of nitrogens with two attached hydrogens (primary N) is 1. The first-order valence-corrected chi connectivity index (χ1v) is 9.88. The van der Waals surface area contributed by atoms with Gasteiger partial charge in [0.05, 0.1) is 12.1 Å². The van der Waals surface area contributed by atoms with Crippen molar-refractivity contribution >= 4 is 23.5 Å². The maximum atomic E-state index is 12.6. The van der Waals surface area contributed by atoms with Gasteiger partial charge in [0.2, 0.25) is 11.8 Å². The largest absolute Gasteiger partial charge is 0.390 e. The summed E-state index contributed by atoms with van der Waals surface area (Å²) in [6, 6.07) is 4.70. The third-order valence-corrected chi connectivity index (χ3v) is 4.83. The molecule has 1 aromatic rings. The van der Waals surface area contributed by atoms with Gasteiger partial charge in [0.15, 0.2) is 0 Å². The van der Waals surface area contributed by atoms with Crippen LogP contribution in [0.25, 0.3) is 0 Å². The summed E-state index contributed by atoms with van der Waals surface area (Å²) in [5, 5.41) is 28.1. The number of carbonyl (C=O) groups is 3. The number of amides is 4. The second kappa shape index (κ2) is 10.2. The molecule has 1 aliphatic carbocycles. The van der Waals surface area contributed by atoms with Gasteiger partial charge < -0.3 is 31.9 Å². The van der Waals surface area contributed by atoms with Gasteiger partial charge in [-0.15, -0.1) is 0 Å². The lowest BCUT2D eigenvalue weighted by atomic mass is 9.89. The van der Waals surface area contributed by atoms with E-state index in [-0.39, 0.29) is 17.9 Å². The first-order valence-electron chi connectivity index (χ1n) is 9.88. The minimum Gasteiger partial charge on any atom is -0.390 e. The summed E-state index contributed by atoms with van der Waals surface area (Å²) >= 11 is 0. The molecule has 0 saturated carbocycles. The van der Waals surface area contributed by atoms with Crippen LogP contribution in [0.4, 0.5) is 10.5 Å². The van der Waals surface area contributed by atoms with Crippen molar-refractivity contribution in [3.63, 3.8) is 0 Å². The van der Waals surface area contributed by atoms with E-state index in [9.17, 15) is 24.6 Å². The molecule has 4 atom stereocenters. The van der Waals surface area contributed by atoms with Gasteiger partial charge >= 0.3 is 6.03 Å². The Bertz CT molecular complexity index is 806. The Morgan fingerprint density at radius 2 is 1.80 bits per heavy atom. The quantitative estimate of drug-likeness (QED) is 0.382. The topological polar surface area (TPSA) is 154 Å². The molecular weight excluding hydrogens is 388 g/mol. The monoisotopic (exact) mass is 418 g/mol. The molecule has 164 valence electrons. The molecule has 0 spiro atoms. The van der Waals surface area contributed by atoms with Gasteiger partial charge in [0.25, 0.3) is 0 Å². The van der Waals surface area contributed by atoms with Gasteiger partial charge in [-0.05, 0) is 31.4 Å². The van der Waals surface area contributed by atoms with Crippen molar-refractivity contribution in [2.75, 3.05) is 5.32 Å². The number of primary amides is 1. The molecule has 0 aliphatic heterocycles. The van der Waals surface area contributed by atoms with Gasteiger partial charge in [-0.2, -0.15) is 0 Å². The molecule has 0 bridgehead atoms. The highest BCUT2D eigenvalue weighted by molar-refractivity contribution is 5.97. The molecule has 0 radical (unpaired) electrons. The van der Waals surface area contributed by atoms with Crippen molar-refractivity contribution in [1.29, 1.82) is 0 Å². The van der Waals surface area contributed by atoms with Crippen LogP contribution in [0, 0.1) is 12.8 Å². The number of aryl methyl sites for hydroxylation is 1. The number of urea groups is 1. The molecule has 1 aliphatic rings. The zero-order valence-corrected chi connectivity index (χ0v) is 17.4. The third-order valence-electron chi connectivity index (χ3n) is 4.83. The Morgan fingerprint density at radius 3 is 2.37 bits per heavy atom. The summed E-state index contributed by atoms with van der Waals surface area (Å²) in [5.74, 6) is -1.09. The van der Waals surface area contributed by atoms with E-state index in [2.05, 4.69) is 16.0 Å². The lowest BCUT2D eigenvalue weighted by Gasteiger charge is -2.31. The third kappa shape index (κ3) is 6.57. The normalized spacial score (nSPS) is 22.1. The average molecular weight is 418 g/mol. The van der Waals surface area contributed by atoms with Gasteiger partial charge in [-0.1, -0.05) is 37.6 Å². The summed E-state index contributed by atoms with van der Waals surface area (Å²) in [6.45, 7) is 5.72. The fourth-order valence-corrected chi connectivity index (χ4v) is 3.19. The van der Waals surface area contributed by atoms with Crippen LogP contribution in [-0.4, -0.2) is 52.4 Å². The number of hydrogen-bond donors (Lipinski definition) is 6. The molecule has 2 rings (SSSR count). The van der Waals surface area contributed by atoms with E-state index in [0.717, 1.165) is 5.56 Å². The van der Waals surface area contributed by atoms with Crippen molar-refractivity contribution in [1.82, 2.24) is 10.6 Å². The van der Waals surface area contributed by atoms with Crippen LogP contribution in [-0.2, 0) is 9.59 Å². The van der Waals surface area contributed by atoms with E-state index < -0.39 is 42.1 Å². The standard InChI is InChI=1S/C21H30N4O5/c1-11(2)8-16(19(22)28)24-20(29)13-9-15(18(27)17(26)10-13)25-21(30)23-14-6-4-12(3)5-7-14/h4-7,9,11,15-18,26-27H,8,10H2,1-3H3,(H2,22,28)(H,24,29)(H2,23,25,30)/t15-,16+,17+,18+/m0/s1. The molecule has 30 heavy (non-hydrogen) atoms. The Hall–Kier alpha value is -2.91. The molecule has 7 N–H and O–H groups in total. The number of hydrogen-bond acceptors (Lipinski definition) is 5. The zero-order valence-electron chi connectivity index (χ0n) is 17.4. The maximum Gasteiger partial charge on any atom is 0.319 e. The SMILES string of the molecule is Cc1ccc(NC(=O)N[C@H]2C=C(C(=O)N[C@H](CC(C)C)C(N)=O)C[C@@H](O)[C@@H]2O)cc1. The van der Waals surface area contributed by atoms with Crippen LogP contribution in [0.3, 0.4) is 0 Å². The molecular formula is C21H30N4O5. The smallest absolute Gasteiger partial charge is 0.319 e. The summed E-state index contributed by atoms with van der Waals surface area (Å²) in [6.07, 6.45) is -0.891. The van der Waals surface area contributed by atoms with Crippen LogP contribution >= 0.6 is 0 Å². The van der Waals surface area contributed by atoms with E-state index >= 15 is 0 Å². The molecule has 0 fully saturated rings. The molecule has 9 nitrogen and oxygen atoms in total. The fourth-order valence-electron chi connectivity index (χ4n) is 3.19. The Kier molecular flexibility index (Phi) is 7.96. The van der Waals surface area contributed by atoms with Crippen LogP contribution in [0.15, 0.2) is 35.9 Å². The number of benzene rings is 1. The van der Waals surface area contributed by atoms with Gasteiger partial charge in [0, 0.05) is 17.7 Å². The maximum absolute atomic E-state index is 12.6. The average Bonchev–Trinajstić information content (AvgIpc) is 2.66. The summed E-state index contributed by atoms with van der Waals surface area (Å²) in [4.78, 5) is 36.5. The van der Waals surface area contributed by atoms with Crippen molar-refractivity contribution < 1.29 is 24.6 Å². The van der Waals surface area contributed by atoms with Crippen LogP contribution < -0.4 is 21.7 Å². The van der Waals surface area contributed by atoms with Crippen molar-refractivity contribution in [2.24, 2.45) is 11.7 Å². The Morgan fingerprint density at radius 1 is 1.17 bits per heavy atom. The van der Waals surface area contributed by atoms with E-state index in [1.165, 1.54) is 6.08 Å². The van der Waals surface area contributed by atoms with Gasteiger partial charge in [-0.3, -0.25) is 9.59 Å². The summed E-state index contributed by atoms with van der Waals surface area (Å²) in [7, 11) is 0. The second-order valence-electron chi connectivity index (χ2n) is 8.00. The number of aliphatic hydroxyl groups is 2. The number of carbonyl (C=O) groups excluding carboxylic acids is 3. The number of nitrogens with one attached hydrogen (secondary N) is 3. The molecule has 4 amide bonds. The number of aliphatic hydroxyl groups excluding tert-OH is 2. The zero-order chi connectivity index (χ0) is 22.4. The van der Waals surface area contributed by atoms with Crippen LogP contribution in [0.1, 0.15) is 32.3 Å². The van der Waals surface area contributed by atoms with E-state index in [1.807, 2.05) is 32.9 Å². The molecule has 0 heterocycles. The first-order chi connectivity index (χ1) is 14.1. The van der Waals surface area contributed by atoms with E-state index in [4.69, 9.17) is 5.73 Å². The van der Waals surface area contributed by atoms with Crippen molar-refractivity contribution in [3.05, 3.63) is 41.5 Å². The summed E-state index contributed by atoms with van der Waals surface area (Å²) in [5.41, 5.74) is 7.11. The number of anilines is 1. The van der Waals surface area contributed by atoms with Crippen molar-refractivity contribution in [2.45, 2.75) is 57.9 Å². The molecule has 1 aromatic carbocycles. The van der Waals surface area contributed by atoms with Crippen LogP contribution in [0.5, 0.6) is 0 Å². The molecule has 0 unspecified atom stereocenters. The van der Waals surface area contributed by atoms with Crippen molar-refractivity contribution in [3.8, 4) is 0 Å². The fraction of sp³-hybridized carbons (Fsp3) is 0.476. The minimum atomic E-state index is -1.28. The predicted molar refractivity (Wildman–Crippen MR) is 112 cm³/mol. The van der Waals surface area contributed by atoms with Gasteiger partial charge in [-0.25, -0.2) is 4.79 Å². The second-order valence-corrected chi connectivity index (χ2v) is 8.00. The van der Waals surface area contributed by atoms with Gasteiger partial charge in [0.1, 0.15) is 12.1 Å².